The maximum atomic E-state index is 8.69. The summed E-state index contributed by atoms with van der Waals surface area (Å²) in [4.78, 5) is 0. The predicted octanol–water partition coefficient (Wildman–Crippen LogP) is 10.9. The molecule has 11 aromatic rings. The second kappa shape index (κ2) is 13.5. The van der Waals surface area contributed by atoms with Gasteiger partial charge in [-0.2, -0.15) is 0 Å². The first kappa shape index (κ1) is 28.2. The van der Waals surface area contributed by atoms with Gasteiger partial charge in [0.2, 0.25) is 0 Å². The Morgan fingerprint density at radius 1 is 0.351 bits per heavy atom. The minimum atomic E-state index is -2.90. The van der Waals surface area contributed by atoms with Crippen molar-refractivity contribution >= 4 is 72.4 Å². The zero-order valence-corrected chi connectivity index (χ0v) is 31.9. The zero-order chi connectivity index (χ0) is 42.1. The van der Waals surface area contributed by atoms with E-state index in [1.54, 1.807) is 0 Å². The van der Waals surface area contributed by atoms with Crippen molar-refractivity contribution in [3.8, 4) is 22.5 Å². The summed E-state index contributed by atoms with van der Waals surface area (Å²) >= 11 is 0. The van der Waals surface area contributed by atoms with Crippen LogP contribution in [0.5, 0.6) is 0 Å². The second-order valence-electron chi connectivity index (χ2n) is 14.5. The van der Waals surface area contributed by atoms with Crippen molar-refractivity contribution in [3.63, 3.8) is 0 Å². The molecule has 11 rings (SSSR count). The molecule has 0 spiro atoms. The van der Waals surface area contributed by atoms with Gasteiger partial charge in [-0.1, -0.05) is 182 Å². The van der Waals surface area contributed by atoms with Crippen molar-refractivity contribution < 1.29 is 6.85 Å². The van der Waals surface area contributed by atoms with E-state index in [0.29, 0.717) is 5.56 Å². The molecular formula is C54H38N2Si. The average Bonchev–Trinajstić information content (AvgIpc) is 3.85. The van der Waals surface area contributed by atoms with Crippen LogP contribution in [0.1, 0.15) is 6.85 Å². The molecule has 2 heterocycles. The number of rotatable bonds is 7. The topological polar surface area (TPSA) is 9.86 Å². The lowest BCUT2D eigenvalue weighted by molar-refractivity contribution is 1.17. The van der Waals surface area contributed by atoms with E-state index in [4.69, 9.17) is 6.85 Å². The van der Waals surface area contributed by atoms with Gasteiger partial charge < -0.3 is 9.13 Å². The third-order valence-electron chi connectivity index (χ3n) is 11.5. The van der Waals surface area contributed by atoms with Crippen molar-refractivity contribution in [1.82, 2.24) is 9.13 Å². The fourth-order valence-corrected chi connectivity index (χ4v) is 14.2. The Labute approximate surface area is 340 Å². The van der Waals surface area contributed by atoms with Crippen LogP contribution in [0.25, 0.3) is 66.1 Å². The van der Waals surface area contributed by atoms with Crippen LogP contribution < -0.4 is 20.7 Å². The third-order valence-corrected chi connectivity index (χ3v) is 16.4. The Morgan fingerprint density at radius 2 is 0.860 bits per heavy atom. The lowest BCUT2D eigenvalue weighted by Gasteiger charge is -2.35. The van der Waals surface area contributed by atoms with Gasteiger partial charge in [-0.05, 0) is 80.4 Å². The van der Waals surface area contributed by atoms with Crippen molar-refractivity contribution in [2.75, 3.05) is 0 Å². The molecule has 0 aliphatic heterocycles. The third kappa shape index (κ3) is 5.17. The standard InChI is InChI=1S/C54H38N2Si/c1-5-19-39(20-6-1)40-21-17-22-41(37-40)55-49-31-15-13-29-46(49)48-38-42(35-36-51(48)55)56-50-32-16-14-30-47(50)54-52(56)33-18-34-53(54)57(43-23-7-2-8-24-43,44-25-9-3-10-26-44)45-27-11-4-12-28-45/h1-38H/i1D,5D,6D,19D,20D. The van der Waals surface area contributed by atoms with Crippen LogP contribution in [-0.4, -0.2) is 17.2 Å². The van der Waals surface area contributed by atoms with E-state index in [1.165, 1.54) is 31.5 Å². The lowest BCUT2D eigenvalue weighted by Crippen LogP contribution is -2.74. The van der Waals surface area contributed by atoms with Crippen LogP contribution in [0.15, 0.2) is 230 Å². The normalized spacial score (nSPS) is 13.1. The summed E-state index contributed by atoms with van der Waals surface area (Å²) < 4.78 is 46.8. The maximum Gasteiger partial charge on any atom is 0.180 e. The molecule has 3 heteroatoms. The van der Waals surface area contributed by atoms with Crippen LogP contribution in [-0.2, 0) is 0 Å². The van der Waals surface area contributed by atoms with Gasteiger partial charge in [0.05, 0.1) is 28.9 Å². The van der Waals surface area contributed by atoms with E-state index in [9.17, 15) is 0 Å². The van der Waals surface area contributed by atoms with Crippen LogP contribution in [0, 0.1) is 0 Å². The highest BCUT2D eigenvalue weighted by Gasteiger charge is 2.43. The van der Waals surface area contributed by atoms with Crippen molar-refractivity contribution in [3.05, 3.63) is 230 Å². The summed E-state index contributed by atoms with van der Waals surface area (Å²) in [5.41, 5.74) is 6.89. The Bertz CT molecular complexity index is 3400. The molecule has 0 unspecified atom stereocenters. The highest BCUT2D eigenvalue weighted by molar-refractivity contribution is 7.20. The molecule has 57 heavy (non-hydrogen) atoms. The van der Waals surface area contributed by atoms with Gasteiger partial charge in [0.1, 0.15) is 0 Å². The first-order valence-corrected chi connectivity index (χ1v) is 21.3. The van der Waals surface area contributed by atoms with Crippen LogP contribution in [0.4, 0.5) is 0 Å². The molecule has 0 saturated carbocycles. The number of aromatic nitrogens is 2. The fraction of sp³-hybridized carbons (Fsp3) is 0. The van der Waals surface area contributed by atoms with Gasteiger partial charge in [-0.15, -0.1) is 0 Å². The molecule has 0 bridgehead atoms. The quantitative estimate of drug-likeness (QED) is 0.114. The first-order chi connectivity index (χ1) is 30.4. The smallest absolute Gasteiger partial charge is 0.180 e. The summed E-state index contributed by atoms with van der Waals surface area (Å²) in [6, 6.07) is 70.0. The number of hydrogen-bond donors (Lipinski definition) is 0. The molecule has 0 aliphatic rings. The largest absolute Gasteiger partial charge is 0.309 e. The van der Waals surface area contributed by atoms with E-state index in [0.717, 1.165) is 44.2 Å². The summed E-state index contributed by atoms with van der Waals surface area (Å²) in [7, 11) is -2.90. The van der Waals surface area contributed by atoms with Crippen molar-refractivity contribution in [2.45, 2.75) is 0 Å². The predicted molar refractivity (Wildman–Crippen MR) is 244 cm³/mol. The average molecular weight is 748 g/mol. The molecule has 0 atom stereocenters. The molecule has 0 amide bonds. The first-order valence-electron chi connectivity index (χ1n) is 21.8. The van der Waals surface area contributed by atoms with Crippen LogP contribution in [0.2, 0.25) is 0 Å². The minimum Gasteiger partial charge on any atom is -0.309 e. The molecule has 0 N–H and O–H groups in total. The monoisotopic (exact) mass is 747 g/mol. The highest BCUT2D eigenvalue weighted by atomic mass is 28.3. The van der Waals surface area contributed by atoms with Gasteiger partial charge in [0.25, 0.3) is 0 Å². The maximum absolute atomic E-state index is 8.69. The Kier molecular flexibility index (Phi) is 6.70. The van der Waals surface area contributed by atoms with Gasteiger partial charge in [-0.3, -0.25) is 0 Å². The van der Waals surface area contributed by atoms with Gasteiger partial charge in [-0.25, -0.2) is 0 Å². The lowest BCUT2D eigenvalue weighted by atomic mass is 10.1. The van der Waals surface area contributed by atoms with Crippen LogP contribution >= 0.6 is 0 Å². The molecule has 0 saturated heterocycles. The number of nitrogens with zero attached hydrogens (tertiary/aromatic N) is 2. The number of benzene rings is 9. The molecule has 2 nitrogen and oxygen atoms in total. The summed E-state index contributed by atoms with van der Waals surface area (Å²) in [6.07, 6.45) is 0. The molecule has 268 valence electrons. The van der Waals surface area contributed by atoms with Crippen molar-refractivity contribution in [1.29, 1.82) is 0 Å². The molecule has 9 aromatic carbocycles. The second-order valence-corrected chi connectivity index (χ2v) is 18.3. The number of para-hydroxylation sites is 2. The SMILES string of the molecule is [2H]c1c([2H])c([2H])c(-c2cccc(-n3c4ccccc4c4cc(-n5c6ccccc6c6c([Si](c7ccccc7)(c7ccccc7)c7ccccc7)cccc65)ccc43)c2)c([2H])c1[2H]. The molecule has 0 fully saturated rings. The van der Waals surface area contributed by atoms with Gasteiger partial charge in [0, 0.05) is 32.9 Å². The summed E-state index contributed by atoms with van der Waals surface area (Å²) in [5, 5.41) is 9.93. The van der Waals surface area contributed by atoms with Crippen LogP contribution in [0.3, 0.4) is 0 Å². The molecular weight excluding hydrogens is 705 g/mol. The van der Waals surface area contributed by atoms with E-state index in [2.05, 4.69) is 179 Å². The molecule has 0 radical (unpaired) electrons. The van der Waals surface area contributed by atoms with Gasteiger partial charge >= 0.3 is 0 Å². The highest BCUT2D eigenvalue weighted by Crippen LogP contribution is 2.37. The Morgan fingerprint density at radius 3 is 1.53 bits per heavy atom. The fourth-order valence-electron chi connectivity index (χ4n) is 9.21. The Hall–Kier alpha value is -7.20. The van der Waals surface area contributed by atoms with Crippen molar-refractivity contribution in [2.24, 2.45) is 0 Å². The van der Waals surface area contributed by atoms with E-state index < -0.39 is 14.1 Å². The molecule has 0 aliphatic carbocycles. The molecule has 2 aromatic heterocycles. The summed E-state index contributed by atoms with van der Waals surface area (Å²) in [5.74, 6) is 0. The van der Waals surface area contributed by atoms with Gasteiger partial charge in [0.15, 0.2) is 8.07 Å². The minimum absolute atomic E-state index is 0.186. The van der Waals surface area contributed by atoms with E-state index in [-0.39, 0.29) is 29.7 Å². The number of hydrogen-bond acceptors (Lipinski definition) is 0. The zero-order valence-electron chi connectivity index (χ0n) is 35.9. The number of fused-ring (bicyclic) bond motifs is 6. The summed E-state index contributed by atoms with van der Waals surface area (Å²) in [6.45, 7) is 0. The van der Waals surface area contributed by atoms with E-state index in [1.807, 2.05) is 30.3 Å². The Balaban J connectivity index is 1.17. The van der Waals surface area contributed by atoms with E-state index >= 15 is 0 Å².